The Morgan fingerprint density at radius 3 is 2.47 bits per heavy atom. The molecule has 1 aromatic rings. The molecule has 1 aliphatic rings. The fourth-order valence-electron chi connectivity index (χ4n) is 1.58. The topological polar surface area (TPSA) is 38.3 Å². The fourth-order valence-corrected chi connectivity index (χ4v) is 2.12. The zero-order valence-corrected chi connectivity index (χ0v) is 9.86. The van der Waals surface area contributed by atoms with Gasteiger partial charge >= 0.3 is 12.0 Å². The molecule has 0 radical (unpaired) electrons. The number of halogens is 4. The van der Waals surface area contributed by atoms with E-state index in [4.69, 9.17) is 23.2 Å². The monoisotopic (exact) mass is 281 g/mol. The van der Waals surface area contributed by atoms with E-state index >= 15 is 0 Å². The molecule has 92 valence electrons. The van der Waals surface area contributed by atoms with Gasteiger partial charge in [-0.25, -0.2) is 13.6 Å². The number of carbonyl (C=O) groups excluding carboxylic acids is 1. The molecule has 0 spiro atoms. The highest BCUT2D eigenvalue weighted by Crippen LogP contribution is 2.36. The van der Waals surface area contributed by atoms with Crippen molar-refractivity contribution in [2.75, 3.05) is 6.61 Å². The summed E-state index contributed by atoms with van der Waals surface area (Å²) in [4.78, 5) is 11.0. The molecule has 1 fully saturated rings. The molecule has 1 aliphatic heterocycles. The molecule has 17 heavy (non-hydrogen) atoms. The van der Waals surface area contributed by atoms with E-state index in [1.54, 1.807) is 0 Å². The highest BCUT2D eigenvalue weighted by atomic mass is 35.5. The van der Waals surface area contributed by atoms with Gasteiger partial charge in [-0.15, -0.1) is 0 Å². The predicted molar refractivity (Wildman–Crippen MR) is 58.6 cm³/mol. The number of rotatable bonds is 1. The molecule has 1 N–H and O–H groups in total. The standard InChI is InChI=1S/C10H7Cl2F2NO2/c11-6-1-5(2-7(12)3-6)8-10(13,14)4-17-9(16)15-8/h1-3,8H,4H2,(H,15,16)/t8-/m0/s1. The summed E-state index contributed by atoms with van der Waals surface area (Å²) in [6.07, 6.45) is -0.892. The molecule has 1 heterocycles. The van der Waals surface area contributed by atoms with E-state index in [0.717, 1.165) is 0 Å². The van der Waals surface area contributed by atoms with Gasteiger partial charge in [0.2, 0.25) is 0 Å². The Bertz CT molecular complexity index is 447. The minimum absolute atomic E-state index is 0.143. The molecule has 0 saturated carbocycles. The highest BCUT2D eigenvalue weighted by molar-refractivity contribution is 6.34. The maximum atomic E-state index is 13.6. The van der Waals surface area contributed by atoms with Gasteiger partial charge in [-0.05, 0) is 23.8 Å². The van der Waals surface area contributed by atoms with Crippen LogP contribution in [0.15, 0.2) is 18.2 Å². The smallest absolute Gasteiger partial charge is 0.408 e. The lowest BCUT2D eigenvalue weighted by atomic mass is 10.0. The molecule has 1 atom stereocenters. The minimum atomic E-state index is -3.21. The quantitative estimate of drug-likeness (QED) is 0.857. The number of hydrogen-bond donors (Lipinski definition) is 1. The summed E-state index contributed by atoms with van der Waals surface area (Å²) in [7, 11) is 0. The van der Waals surface area contributed by atoms with E-state index < -0.39 is 24.7 Å². The summed E-state index contributed by atoms with van der Waals surface area (Å²) in [6.45, 7) is -0.965. The molecule has 2 rings (SSSR count). The number of nitrogens with one attached hydrogen (secondary N) is 1. The molecule has 0 aliphatic carbocycles. The average molecular weight is 282 g/mol. The van der Waals surface area contributed by atoms with E-state index in [1.165, 1.54) is 18.2 Å². The third kappa shape index (κ3) is 2.61. The number of carbonyl (C=O) groups is 1. The van der Waals surface area contributed by atoms with Crippen LogP contribution >= 0.6 is 23.2 Å². The molecule has 1 amide bonds. The van der Waals surface area contributed by atoms with E-state index in [0.29, 0.717) is 0 Å². The zero-order chi connectivity index (χ0) is 12.6. The first-order valence-corrected chi connectivity index (χ1v) is 5.41. The Morgan fingerprint density at radius 1 is 1.29 bits per heavy atom. The van der Waals surface area contributed by atoms with Crippen LogP contribution in [0.25, 0.3) is 0 Å². The summed E-state index contributed by atoms with van der Waals surface area (Å²) >= 11 is 11.5. The van der Waals surface area contributed by atoms with Crippen molar-refractivity contribution in [3.8, 4) is 0 Å². The molecule has 1 aromatic carbocycles. The van der Waals surface area contributed by atoms with E-state index in [-0.39, 0.29) is 15.6 Å². The Morgan fingerprint density at radius 2 is 1.88 bits per heavy atom. The number of hydrogen-bond acceptors (Lipinski definition) is 2. The van der Waals surface area contributed by atoms with Crippen molar-refractivity contribution < 1.29 is 18.3 Å². The molecule has 0 bridgehead atoms. The SMILES string of the molecule is O=C1N[C@@H](c2cc(Cl)cc(Cl)c2)C(F)(F)CO1. The van der Waals surface area contributed by atoms with Crippen molar-refractivity contribution in [3.05, 3.63) is 33.8 Å². The number of cyclic esters (lactones) is 1. The van der Waals surface area contributed by atoms with Crippen LogP contribution in [-0.2, 0) is 4.74 Å². The Hall–Kier alpha value is -1.07. The van der Waals surface area contributed by atoms with Gasteiger partial charge in [0.25, 0.3) is 0 Å². The predicted octanol–water partition coefficient (Wildman–Crippen LogP) is 3.41. The second-order valence-electron chi connectivity index (χ2n) is 3.62. The van der Waals surface area contributed by atoms with E-state index in [2.05, 4.69) is 4.74 Å². The summed E-state index contributed by atoms with van der Waals surface area (Å²) in [5, 5.41) is 2.50. The molecule has 0 unspecified atom stereocenters. The lowest BCUT2D eigenvalue weighted by Gasteiger charge is -2.31. The number of ether oxygens (including phenoxy) is 1. The Kier molecular flexibility index (Phi) is 3.14. The van der Waals surface area contributed by atoms with E-state index in [1.807, 2.05) is 5.32 Å². The van der Waals surface area contributed by atoms with Crippen molar-refractivity contribution in [2.24, 2.45) is 0 Å². The van der Waals surface area contributed by atoms with Crippen molar-refractivity contribution in [3.63, 3.8) is 0 Å². The Balaban J connectivity index is 2.39. The van der Waals surface area contributed by atoms with Crippen molar-refractivity contribution >= 4 is 29.3 Å². The van der Waals surface area contributed by atoms with E-state index in [9.17, 15) is 13.6 Å². The third-order valence-electron chi connectivity index (χ3n) is 2.30. The van der Waals surface area contributed by atoms with Gasteiger partial charge in [0, 0.05) is 10.0 Å². The summed E-state index contributed by atoms with van der Waals surface area (Å²) in [6, 6.07) is 2.60. The fraction of sp³-hybridized carbons (Fsp3) is 0.300. The molecule has 3 nitrogen and oxygen atoms in total. The van der Waals surface area contributed by atoms with Gasteiger partial charge in [-0.2, -0.15) is 0 Å². The minimum Gasteiger partial charge on any atom is -0.443 e. The average Bonchev–Trinajstić information content (AvgIpc) is 2.20. The van der Waals surface area contributed by atoms with Gasteiger partial charge in [-0.3, -0.25) is 0 Å². The van der Waals surface area contributed by atoms with Gasteiger partial charge < -0.3 is 10.1 Å². The highest BCUT2D eigenvalue weighted by Gasteiger charge is 2.46. The molecular weight excluding hydrogens is 275 g/mol. The largest absolute Gasteiger partial charge is 0.443 e. The molecule has 1 saturated heterocycles. The van der Waals surface area contributed by atoms with Crippen LogP contribution in [0.5, 0.6) is 0 Å². The lowest BCUT2D eigenvalue weighted by Crippen LogP contribution is -2.49. The van der Waals surface area contributed by atoms with Crippen molar-refractivity contribution in [2.45, 2.75) is 12.0 Å². The first-order chi connectivity index (χ1) is 7.88. The van der Waals surface area contributed by atoms with Gasteiger partial charge in [-0.1, -0.05) is 23.2 Å². The number of alkyl carbamates (subject to hydrolysis) is 1. The molecule has 0 aromatic heterocycles. The second kappa shape index (κ2) is 4.31. The maximum Gasteiger partial charge on any atom is 0.408 e. The summed E-state index contributed by atoms with van der Waals surface area (Å²) in [5.41, 5.74) is 0.143. The first-order valence-electron chi connectivity index (χ1n) is 4.65. The van der Waals surface area contributed by atoms with Crippen LogP contribution in [0.4, 0.5) is 13.6 Å². The zero-order valence-electron chi connectivity index (χ0n) is 8.34. The number of benzene rings is 1. The van der Waals surface area contributed by atoms with Crippen LogP contribution in [0.3, 0.4) is 0 Å². The molecular formula is C10H7Cl2F2NO2. The van der Waals surface area contributed by atoms with Crippen LogP contribution in [0.2, 0.25) is 10.0 Å². The van der Waals surface area contributed by atoms with Gasteiger partial charge in [0.1, 0.15) is 6.04 Å². The van der Waals surface area contributed by atoms with Crippen LogP contribution in [-0.4, -0.2) is 18.6 Å². The second-order valence-corrected chi connectivity index (χ2v) is 4.49. The summed E-state index contributed by atoms with van der Waals surface area (Å²) in [5.74, 6) is -3.21. The molecule has 7 heteroatoms. The maximum absolute atomic E-state index is 13.6. The van der Waals surface area contributed by atoms with Gasteiger partial charge in [0.15, 0.2) is 6.61 Å². The van der Waals surface area contributed by atoms with Crippen LogP contribution < -0.4 is 5.32 Å². The number of alkyl halides is 2. The third-order valence-corrected chi connectivity index (χ3v) is 2.73. The first kappa shape index (κ1) is 12.4. The normalized spacial score (nSPS) is 22.8. The summed E-state index contributed by atoms with van der Waals surface area (Å²) < 4.78 is 31.4. The van der Waals surface area contributed by atoms with Crippen molar-refractivity contribution in [1.82, 2.24) is 5.32 Å². The lowest BCUT2D eigenvalue weighted by molar-refractivity contribution is -0.104. The van der Waals surface area contributed by atoms with Crippen LogP contribution in [0, 0.1) is 0 Å². The number of amides is 1. The van der Waals surface area contributed by atoms with Crippen LogP contribution in [0.1, 0.15) is 11.6 Å². The Labute approximate surface area is 106 Å². The van der Waals surface area contributed by atoms with Gasteiger partial charge in [0.05, 0.1) is 0 Å². The van der Waals surface area contributed by atoms with Crippen molar-refractivity contribution in [1.29, 1.82) is 0 Å².